The van der Waals surface area contributed by atoms with Gasteiger partial charge in [-0.25, -0.2) is 0 Å². The molecule has 1 saturated heterocycles. The molecule has 1 aromatic rings. The van der Waals surface area contributed by atoms with Crippen LogP contribution in [0.25, 0.3) is 0 Å². The number of nitrogens with one attached hydrogen (secondary N) is 1. The largest absolute Gasteiger partial charge is 0.468 e. The smallest absolute Gasteiger partial charge is 0.122 e. The third kappa shape index (κ3) is 3.40. The monoisotopic (exact) mass is 264 g/mol. The van der Waals surface area contributed by atoms with Crippen molar-refractivity contribution in [3.63, 3.8) is 0 Å². The molecule has 0 spiro atoms. The lowest BCUT2D eigenvalue weighted by Crippen LogP contribution is -2.26. The van der Waals surface area contributed by atoms with E-state index in [-0.39, 0.29) is 0 Å². The van der Waals surface area contributed by atoms with Crippen LogP contribution in [-0.2, 0) is 13.1 Å². The zero-order valence-corrected chi connectivity index (χ0v) is 12.7. The van der Waals surface area contributed by atoms with Crippen molar-refractivity contribution in [2.45, 2.75) is 53.1 Å². The first kappa shape index (κ1) is 14.6. The summed E-state index contributed by atoms with van der Waals surface area (Å²) in [7, 11) is 0. The molecule has 1 N–H and O–H groups in total. The van der Waals surface area contributed by atoms with Crippen LogP contribution in [0.2, 0.25) is 0 Å². The van der Waals surface area contributed by atoms with Gasteiger partial charge in [-0.3, -0.25) is 4.90 Å². The Morgan fingerprint density at radius 3 is 2.74 bits per heavy atom. The van der Waals surface area contributed by atoms with Gasteiger partial charge in [0.05, 0.1) is 12.8 Å². The minimum atomic E-state index is 0.561. The van der Waals surface area contributed by atoms with E-state index in [9.17, 15) is 0 Å². The molecule has 1 aliphatic rings. The summed E-state index contributed by atoms with van der Waals surface area (Å²) < 4.78 is 5.59. The van der Waals surface area contributed by atoms with Gasteiger partial charge in [0.2, 0.25) is 0 Å². The minimum Gasteiger partial charge on any atom is -0.468 e. The van der Waals surface area contributed by atoms with Gasteiger partial charge in [0, 0.05) is 18.7 Å². The number of nitrogens with zero attached hydrogens (tertiary/aromatic N) is 1. The Kier molecular flexibility index (Phi) is 5.06. The summed E-state index contributed by atoms with van der Waals surface area (Å²) in [5.74, 6) is 1.10. The van der Waals surface area contributed by atoms with Crippen LogP contribution in [0.3, 0.4) is 0 Å². The van der Waals surface area contributed by atoms with Crippen molar-refractivity contribution < 1.29 is 4.42 Å². The minimum absolute atomic E-state index is 0.561. The van der Waals surface area contributed by atoms with E-state index < -0.39 is 0 Å². The van der Waals surface area contributed by atoms with E-state index in [1.54, 1.807) is 0 Å². The standard InChI is InChI=1S/C16H28N2O/c1-4-16(5-2)8-9-18(13-16)12-14-7-10-19-15(14)11-17-6-3/h7,10,17H,4-6,8-9,11-13H2,1-3H3. The highest BCUT2D eigenvalue weighted by Gasteiger charge is 2.34. The number of rotatable bonds is 7. The lowest BCUT2D eigenvalue weighted by molar-refractivity contribution is 0.235. The van der Waals surface area contributed by atoms with E-state index in [0.29, 0.717) is 5.41 Å². The van der Waals surface area contributed by atoms with Crippen molar-refractivity contribution in [2.24, 2.45) is 5.41 Å². The third-order valence-electron chi connectivity index (χ3n) is 4.78. The molecule has 2 heterocycles. The summed E-state index contributed by atoms with van der Waals surface area (Å²) >= 11 is 0. The molecule has 1 aromatic heterocycles. The van der Waals surface area contributed by atoms with Gasteiger partial charge in [-0.2, -0.15) is 0 Å². The van der Waals surface area contributed by atoms with E-state index >= 15 is 0 Å². The quantitative estimate of drug-likeness (QED) is 0.818. The average molecular weight is 264 g/mol. The molecule has 108 valence electrons. The molecule has 0 aromatic carbocycles. The third-order valence-corrected chi connectivity index (χ3v) is 4.78. The molecule has 0 saturated carbocycles. The molecule has 3 heteroatoms. The van der Waals surface area contributed by atoms with Crippen molar-refractivity contribution >= 4 is 0 Å². The van der Waals surface area contributed by atoms with E-state index in [0.717, 1.165) is 25.4 Å². The van der Waals surface area contributed by atoms with Crippen molar-refractivity contribution in [1.82, 2.24) is 10.2 Å². The van der Waals surface area contributed by atoms with E-state index in [1.165, 1.54) is 37.9 Å². The number of likely N-dealkylation sites (tertiary alicyclic amines) is 1. The fourth-order valence-corrected chi connectivity index (χ4v) is 3.13. The zero-order valence-electron chi connectivity index (χ0n) is 12.7. The second-order valence-corrected chi connectivity index (χ2v) is 5.82. The molecule has 0 aliphatic carbocycles. The fourth-order valence-electron chi connectivity index (χ4n) is 3.13. The topological polar surface area (TPSA) is 28.4 Å². The van der Waals surface area contributed by atoms with Gasteiger partial charge in [0.1, 0.15) is 5.76 Å². The van der Waals surface area contributed by atoms with Crippen LogP contribution in [0, 0.1) is 5.41 Å². The van der Waals surface area contributed by atoms with Gasteiger partial charge in [0.15, 0.2) is 0 Å². The SMILES string of the molecule is CCNCc1occc1CN1CCC(CC)(CC)C1. The van der Waals surface area contributed by atoms with Crippen LogP contribution in [0.1, 0.15) is 51.4 Å². The second kappa shape index (κ2) is 6.58. The molecule has 0 amide bonds. The van der Waals surface area contributed by atoms with Crippen LogP contribution < -0.4 is 5.32 Å². The fraction of sp³-hybridized carbons (Fsp3) is 0.750. The van der Waals surface area contributed by atoms with E-state index in [1.807, 2.05) is 6.26 Å². The molecule has 3 nitrogen and oxygen atoms in total. The summed E-state index contributed by atoms with van der Waals surface area (Å²) in [5, 5.41) is 3.34. The predicted octanol–water partition coefficient (Wildman–Crippen LogP) is 3.40. The first-order chi connectivity index (χ1) is 9.23. The van der Waals surface area contributed by atoms with Crippen LogP contribution >= 0.6 is 0 Å². The van der Waals surface area contributed by atoms with Gasteiger partial charge in [-0.05, 0) is 43.8 Å². The van der Waals surface area contributed by atoms with Crippen molar-refractivity contribution in [3.05, 3.63) is 23.7 Å². The summed E-state index contributed by atoms with van der Waals surface area (Å²) in [5.41, 5.74) is 1.91. The number of hydrogen-bond acceptors (Lipinski definition) is 3. The summed E-state index contributed by atoms with van der Waals surface area (Å²) in [6.07, 6.45) is 5.77. The van der Waals surface area contributed by atoms with Crippen LogP contribution in [0.15, 0.2) is 16.7 Å². The number of furan rings is 1. The van der Waals surface area contributed by atoms with Gasteiger partial charge in [0.25, 0.3) is 0 Å². The molecule has 1 aliphatic heterocycles. The molecule has 19 heavy (non-hydrogen) atoms. The maximum absolute atomic E-state index is 5.59. The van der Waals surface area contributed by atoms with Gasteiger partial charge < -0.3 is 9.73 Å². The maximum Gasteiger partial charge on any atom is 0.122 e. The van der Waals surface area contributed by atoms with Crippen LogP contribution in [0.4, 0.5) is 0 Å². The Hall–Kier alpha value is -0.800. The molecule has 0 atom stereocenters. The molecule has 1 fully saturated rings. The molecule has 0 unspecified atom stereocenters. The summed E-state index contributed by atoms with van der Waals surface area (Å²) in [6, 6.07) is 2.13. The lowest BCUT2D eigenvalue weighted by atomic mass is 9.82. The lowest BCUT2D eigenvalue weighted by Gasteiger charge is -2.26. The molecule has 0 radical (unpaired) electrons. The maximum atomic E-state index is 5.59. The summed E-state index contributed by atoms with van der Waals surface area (Å²) in [6.45, 7) is 12.1. The van der Waals surface area contributed by atoms with E-state index in [2.05, 4.69) is 37.1 Å². The van der Waals surface area contributed by atoms with Crippen LogP contribution in [0.5, 0.6) is 0 Å². The Bertz CT molecular complexity index is 382. The highest BCUT2D eigenvalue weighted by Crippen LogP contribution is 2.37. The number of hydrogen-bond donors (Lipinski definition) is 1. The van der Waals surface area contributed by atoms with Gasteiger partial charge in [-0.1, -0.05) is 20.8 Å². The first-order valence-electron chi connectivity index (χ1n) is 7.71. The Balaban J connectivity index is 1.94. The van der Waals surface area contributed by atoms with Gasteiger partial charge >= 0.3 is 0 Å². The predicted molar refractivity (Wildman–Crippen MR) is 79.0 cm³/mol. The highest BCUT2D eigenvalue weighted by molar-refractivity contribution is 5.17. The normalized spacial score (nSPS) is 19.1. The second-order valence-electron chi connectivity index (χ2n) is 5.82. The molecule has 2 rings (SSSR count). The van der Waals surface area contributed by atoms with E-state index in [4.69, 9.17) is 4.42 Å². The zero-order chi connectivity index (χ0) is 13.7. The first-order valence-corrected chi connectivity index (χ1v) is 7.71. The Labute approximate surface area is 117 Å². The molecular weight excluding hydrogens is 236 g/mol. The Morgan fingerprint density at radius 1 is 1.32 bits per heavy atom. The Morgan fingerprint density at radius 2 is 2.11 bits per heavy atom. The van der Waals surface area contributed by atoms with Gasteiger partial charge in [-0.15, -0.1) is 0 Å². The highest BCUT2D eigenvalue weighted by atomic mass is 16.3. The van der Waals surface area contributed by atoms with Crippen LogP contribution in [-0.4, -0.2) is 24.5 Å². The van der Waals surface area contributed by atoms with Crippen molar-refractivity contribution in [1.29, 1.82) is 0 Å². The average Bonchev–Trinajstić information content (AvgIpc) is 3.04. The summed E-state index contributed by atoms with van der Waals surface area (Å²) in [4.78, 5) is 2.59. The molecule has 0 bridgehead atoms. The van der Waals surface area contributed by atoms with Crippen molar-refractivity contribution in [3.8, 4) is 0 Å². The molecular formula is C16H28N2O. The van der Waals surface area contributed by atoms with Crippen molar-refractivity contribution in [2.75, 3.05) is 19.6 Å².